The zero-order valence-electron chi connectivity index (χ0n) is 32.0. The molecule has 2 aliphatic heterocycles. The van der Waals surface area contributed by atoms with E-state index in [0.717, 1.165) is 27.8 Å². The molecular formula is C47H52O9. The van der Waals surface area contributed by atoms with Crippen LogP contribution >= 0.6 is 0 Å². The van der Waals surface area contributed by atoms with E-state index in [2.05, 4.69) is 0 Å². The summed E-state index contributed by atoms with van der Waals surface area (Å²) in [5.74, 6) is 0. The van der Waals surface area contributed by atoms with Gasteiger partial charge in [0.15, 0.2) is 12.6 Å². The Morgan fingerprint density at radius 2 is 0.786 bits per heavy atom. The van der Waals surface area contributed by atoms with Gasteiger partial charge in [-0.3, -0.25) is 0 Å². The normalized spacial score (nSPS) is 26.3. The summed E-state index contributed by atoms with van der Waals surface area (Å²) in [5, 5.41) is 0. The summed E-state index contributed by atoms with van der Waals surface area (Å²) < 4.78 is 59.5. The maximum atomic E-state index is 7.14. The SMILES string of the molecule is COC1O[C@@H](C)[C@H](OCc2ccccc2)[C@@H](O[C@@H]2O[C@H](COCc3ccccc3)[C@@H](OCc3ccccc3)[C@H]2OCc2ccccc2)[C@H]1OCc1ccccc1. The highest BCUT2D eigenvalue weighted by atomic mass is 16.8. The molecule has 7 rings (SSSR count). The molecule has 294 valence electrons. The van der Waals surface area contributed by atoms with Crippen LogP contribution < -0.4 is 0 Å². The van der Waals surface area contributed by atoms with E-state index in [9.17, 15) is 0 Å². The first-order valence-electron chi connectivity index (χ1n) is 19.4. The van der Waals surface area contributed by atoms with Crippen molar-refractivity contribution >= 4 is 0 Å². The number of ether oxygens (including phenoxy) is 9. The van der Waals surface area contributed by atoms with Crippen LogP contribution in [-0.4, -0.2) is 69.0 Å². The second-order valence-electron chi connectivity index (χ2n) is 14.1. The molecule has 0 bridgehead atoms. The summed E-state index contributed by atoms with van der Waals surface area (Å²) >= 11 is 0. The van der Waals surface area contributed by atoms with Gasteiger partial charge in [0.25, 0.3) is 0 Å². The minimum Gasteiger partial charge on any atom is -0.374 e. The first-order chi connectivity index (χ1) is 27.6. The molecule has 5 aromatic carbocycles. The van der Waals surface area contributed by atoms with Crippen molar-refractivity contribution in [3.8, 4) is 0 Å². The van der Waals surface area contributed by atoms with Crippen LogP contribution in [0.1, 0.15) is 34.7 Å². The van der Waals surface area contributed by atoms with Gasteiger partial charge in [-0.1, -0.05) is 152 Å². The molecule has 2 heterocycles. The third kappa shape index (κ3) is 11.0. The van der Waals surface area contributed by atoms with Gasteiger partial charge in [-0.05, 0) is 34.7 Å². The fourth-order valence-electron chi connectivity index (χ4n) is 7.13. The Hall–Kier alpha value is -4.26. The second kappa shape index (κ2) is 20.8. The summed E-state index contributed by atoms with van der Waals surface area (Å²) in [6.07, 6.45) is -5.68. The van der Waals surface area contributed by atoms with Crippen molar-refractivity contribution in [3.63, 3.8) is 0 Å². The van der Waals surface area contributed by atoms with Gasteiger partial charge in [-0.25, -0.2) is 0 Å². The number of hydrogen-bond donors (Lipinski definition) is 0. The molecule has 2 aliphatic rings. The average molecular weight is 761 g/mol. The van der Waals surface area contributed by atoms with Gasteiger partial charge in [0.2, 0.25) is 0 Å². The lowest BCUT2D eigenvalue weighted by Crippen LogP contribution is -2.61. The number of benzene rings is 5. The molecule has 0 radical (unpaired) electrons. The number of methoxy groups -OCH3 is 1. The van der Waals surface area contributed by atoms with Crippen LogP contribution in [0.5, 0.6) is 0 Å². The van der Waals surface area contributed by atoms with E-state index < -0.39 is 55.3 Å². The summed E-state index contributed by atoms with van der Waals surface area (Å²) in [4.78, 5) is 0. The van der Waals surface area contributed by atoms with Crippen molar-refractivity contribution < 1.29 is 42.6 Å². The van der Waals surface area contributed by atoms with Crippen molar-refractivity contribution in [2.24, 2.45) is 0 Å². The summed E-state index contributed by atoms with van der Waals surface area (Å²) in [6.45, 7) is 3.98. The van der Waals surface area contributed by atoms with Gasteiger partial charge in [0, 0.05) is 7.11 Å². The molecule has 1 unspecified atom stereocenters. The molecule has 0 N–H and O–H groups in total. The van der Waals surface area contributed by atoms with Gasteiger partial charge in [0.1, 0.15) is 36.6 Å². The molecule has 9 atom stereocenters. The van der Waals surface area contributed by atoms with Crippen LogP contribution in [0.15, 0.2) is 152 Å². The lowest BCUT2D eigenvalue weighted by molar-refractivity contribution is -0.337. The van der Waals surface area contributed by atoms with Gasteiger partial charge in [0.05, 0.1) is 45.7 Å². The second-order valence-corrected chi connectivity index (χ2v) is 14.1. The van der Waals surface area contributed by atoms with E-state index >= 15 is 0 Å². The van der Waals surface area contributed by atoms with Crippen LogP contribution in [-0.2, 0) is 75.7 Å². The molecule has 0 amide bonds. The Morgan fingerprint density at radius 1 is 0.411 bits per heavy atom. The Morgan fingerprint density at radius 3 is 1.21 bits per heavy atom. The highest BCUT2D eigenvalue weighted by Crippen LogP contribution is 2.36. The predicted molar refractivity (Wildman–Crippen MR) is 211 cm³/mol. The van der Waals surface area contributed by atoms with Crippen LogP contribution in [0.4, 0.5) is 0 Å². The predicted octanol–water partition coefficient (Wildman–Crippen LogP) is 8.05. The first-order valence-corrected chi connectivity index (χ1v) is 19.4. The van der Waals surface area contributed by atoms with Crippen LogP contribution in [0.3, 0.4) is 0 Å². The van der Waals surface area contributed by atoms with E-state index in [1.165, 1.54) is 0 Å². The van der Waals surface area contributed by atoms with Gasteiger partial charge in [-0.2, -0.15) is 0 Å². The maximum absolute atomic E-state index is 7.14. The van der Waals surface area contributed by atoms with Crippen molar-refractivity contribution in [2.75, 3.05) is 13.7 Å². The minimum absolute atomic E-state index is 0.256. The van der Waals surface area contributed by atoms with E-state index in [1.54, 1.807) is 7.11 Å². The monoisotopic (exact) mass is 760 g/mol. The molecule has 2 fully saturated rings. The number of rotatable bonds is 19. The molecule has 9 heteroatoms. The maximum Gasteiger partial charge on any atom is 0.187 e. The molecule has 0 aromatic heterocycles. The zero-order chi connectivity index (χ0) is 38.4. The quantitative estimate of drug-likeness (QED) is 0.0831. The molecule has 2 saturated heterocycles. The van der Waals surface area contributed by atoms with Gasteiger partial charge >= 0.3 is 0 Å². The van der Waals surface area contributed by atoms with E-state index in [4.69, 9.17) is 42.6 Å². The molecule has 9 nitrogen and oxygen atoms in total. The van der Waals surface area contributed by atoms with E-state index in [1.807, 2.05) is 159 Å². The van der Waals surface area contributed by atoms with Gasteiger partial charge in [-0.15, -0.1) is 0 Å². The fourth-order valence-corrected chi connectivity index (χ4v) is 7.13. The Labute approximate surface area is 330 Å². The standard InChI is InChI=1S/C47H52O9/c1-34-41(50-29-36-20-10-4-11-21-36)43(45(46(48-2)54-34)53-32-39-26-16-7-17-27-39)56-47-44(52-31-38-24-14-6-15-25-38)42(51-30-37-22-12-5-13-23-37)40(55-47)33-49-28-35-18-8-3-9-19-35/h3-27,34,40-47H,28-33H2,1-2H3/t34-,40+,41-,42+,43+,44+,45+,46?,47-/m0/s1. The zero-order valence-corrected chi connectivity index (χ0v) is 32.0. The highest BCUT2D eigenvalue weighted by Gasteiger charge is 2.53. The Balaban J connectivity index is 1.19. The lowest BCUT2D eigenvalue weighted by Gasteiger charge is -2.45. The number of hydrogen-bond acceptors (Lipinski definition) is 9. The summed E-state index contributed by atoms with van der Waals surface area (Å²) in [7, 11) is 1.61. The molecule has 0 saturated carbocycles. The van der Waals surface area contributed by atoms with Crippen LogP contribution in [0.25, 0.3) is 0 Å². The highest BCUT2D eigenvalue weighted by molar-refractivity contribution is 5.17. The van der Waals surface area contributed by atoms with E-state index in [0.29, 0.717) is 33.0 Å². The summed E-state index contributed by atoms with van der Waals surface area (Å²) in [6, 6.07) is 50.3. The van der Waals surface area contributed by atoms with Crippen LogP contribution in [0.2, 0.25) is 0 Å². The smallest absolute Gasteiger partial charge is 0.187 e. The van der Waals surface area contributed by atoms with Crippen LogP contribution in [0, 0.1) is 0 Å². The third-order valence-electron chi connectivity index (χ3n) is 10.1. The fraction of sp³-hybridized carbons (Fsp3) is 0.362. The third-order valence-corrected chi connectivity index (χ3v) is 10.1. The molecule has 5 aromatic rings. The Bertz CT molecular complexity index is 1820. The lowest BCUT2D eigenvalue weighted by atomic mass is 9.98. The molecule has 0 aliphatic carbocycles. The van der Waals surface area contributed by atoms with Crippen molar-refractivity contribution in [1.29, 1.82) is 0 Å². The molecular weight excluding hydrogens is 709 g/mol. The topological polar surface area (TPSA) is 83.1 Å². The van der Waals surface area contributed by atoms with Gasteiger partial charge < -0.3 is 42.6 Å². The largest absolute Gasteiger partial charge is 0.374 e. The summed E-state index contributed by atoms with van der Waals surface area (Å²) in [5.41, 5.74) is 5.15. The Kier molecular flexibility index (Phi) is 14.8. The van der Waals surface area contributed by atoms with Crippen molar-refractivity contribution in [3.05, 3.63) is 179 Å². The molecule has 0 spiro atoms. The first kappa shape index (κ1) is 40.0. The van der Waals surface area contributed by atoms with E-state index in [-0.39, 0.29) is 6.61 Å². The van der Waals surface area contributed by atoms with Crippen molar-refractivity contribution in [2.45, 2.75) is 95.3 Å². The van der Waals surface area contributed by atoms with Crippen molar-refractivity contribution in [1.82, 2.24) is 0 Å². The minimum atomic E-state index is -0.886. The average Bonchev–Trinajstić information content (AvgIpc) is 3.58. The molecule has 56 heavy (non-hydrogen) atoms.